The van der Waals surface area contributed by atoms with Crippen molar-refractivity contribution in [1.29, 1.82) is 0 Å². The molecule has 1 heterocycles. The summed E-state index contributed by atoms with van der Waals surface area (Å²) in [5.74, 6) is -1.55. The molecule has 0 saturated heterocycles. The number of hydrogen-bond acceptors (Lipinski definition) is 6. The van der Waals surface area contributed by atoms with Gasteiger partial charge in [0.1, 0.15) is 0 Å². The molecule has 0 atom stereocenters. The zero-order valence-electron chi connectivity index (χ0n) is 13.8. The number of halogens is 1. The number of nitro benzene ring substituents is 1. The van der Waals surface area contributed by atoms with Gasteiger partial charge in [0.2, 0.25) is 5.91 Å². The molecule has 9 nitrogen and oxygen atoms in total. The van der Waals surface area contributed by atoms with E-state index in [1.54, 1.807) is 0 Å². The van der Waals surface area contributed by atoms with Crippen LogP contribution in [0, 0.1) is 10.1 Å². The average Bonchev–Trinajstić information content (AvgIpc) is 3.02. The number of nitrogens with zero attached hydrogens (tertiary/aromatic N) is 3. The molecule has 26 heavy (non-hydrogen) atoms. The van der Waals surface area contributed by atoms with Crippen molar-refractivity contribution in [3.8, 4) is 0 Å². The van der Waals surface area contributed by atoms with Crippen LogP contribution in [-0.4, -0.2) is 37.4 Å². The van der Waals surface area contributed by atoms with E-state index in [0.717, 1.165) is 11.8 Å². The Kier molecular flexibility index (Phi) is 5.88. The molecule has 11 heteroatoms. The van der Waals surface area contributed by atoms with Crippen molar-refractivity contribution in [2.24, 2.45) is 0 Å². The molecule has 0 aliphatic heterocycles. The van der Waals surface area contributed by atoms with Crippen LogP contribution in [0.25, 0.3) is 0 Å². The van der Waals surface area contributed by atoms with Crippen LogP contribution in [0.5, 0.6) is 0 Å². The lowest BCUT2D eigenvalue weighted by Gasteiger charge is -2.19. The number of thioether (sulfide) groups is 1. The highest BCUT2D eigenvalue weighted by Gasteiger charge is 2.30. The van der Waals surface area contributed by atoms with Gasteiger partial charge in [-0.25, -0.2) is 4.79 Å². The van der Waals surface area contributed by atoms with Crippen LogP contribution in [0.1, 0.15) is 13.8 Å². The molecule has 1 amide bonds. The Morgan fingerprint density at radius 2 is 2.15 bits per heavy atom. The van der Waals surface area contributed by atoms with Gasteiger partial charge in [-0.2, -0.15) is 5.10 Å². The van der Waals surface area contributed by atoms with E-state index in [2.05, 4.69) is 10.4 Å². The summed E-state index contributed by atoms with van der Waals surface area (Å²) in [4.78, 5) is 34.0. The van der Waals surface area contributed by atoms with Gasteiger partial charge in [0.25, 0.3) is 5.69 Å². The van der Waals surface area contributed by atoms with Crippen molar-refractivity contribution in [1.82, 2.24) is 9.78 Å². The summed E-state index contributed by atoms with van der Waals surface area (Å²) in [5, 5.41) is 27.0. The Morgan fingerprint density at radius 3 is 2.77 bits per heavy atom. The van der Waals surface area contributed by atoms with Crippen LogP contribution >= 0.6 is 23.4 Å². The number of anilines is 1. The smallest absolute Gasteiger partial charge is 0.331 e. The second kappa shape index (κ2) is 7.75. The molecule has 1 aromatic carbocycles. The molecule has 2 N–H and O–H groups in total. The third-order valence-electron chi connectivity index (χ3n) is 3.44. The number of benzene rings is 1. The van der Waals surface area contributed by atoms with Gasteiger partial charge >= 0.3 is 5.97 Å². The van der Waals surface area contributed by atoms with Gasteiger partial charge in [-0.05, 0) is 26.0 Å². The number of carbonyl (C=O) groups excluding carboxylic acids is 1. The zero-order valence-corrected chi connectivity index (χ0v) is 15.4. The van der Waals surface area contributed by atoms with Gasteiger partial charge in [0.15, 0.2) is 5.54 Å². The van der Waals surface area contributed by atoms with Gasteiger partial charge in [-0.15, -0.1) is 11.8 Å². The Balaban J connectivity index is 2.02. The second-order valence-corrected chi connectivity index (χ2v) is 7.20. The predicted octanol–water partition coefficient (Wildman–Crippen LogP) is 3.00. The van der Waals surface area contributed by atoms with E-state index in [-0.39, 0.29) is 16.5 Å². The van der Waals surface area contributed by atoms with Crippen molar-refractivity contribution in [2.75, 3.05) is 11.1 Å². The Labute approximate surface area is 157 Å². The fourth-order valence-electron chi connectivity index (χ4n) is 1.89. The molecule has 2 rings (SSSR count). The van der Waals surface area contributed by atoms with Crippen molar-refractivity contribution >= 4 is 46.6 Å². The molecule has 0 aliphatic carbocycles. The van der Waals surface area contributed by atoms with E-state index in [1.165, 1.54) is 49.1 Å². The minimum Gasteiger partial charge on any atom is -0.479 e. The number of nitro groups is 1. The molecule has 0 fully saturated rings. The standard InChI is InChI=1S/C15H15ClN4O5S/c1-15(2,14(22)23)19-7-10(6-17-19)18-13(21)8-26-12-4-3-9(16)5-11(12)20(24)25/h3-7H,8H2,1-2H3,(H,18,21)(H,22,23). The maximum absolute atomic E-state index is 12.0. The summed E-state index contributed by atoms with van der Waals surface area (Å²) in [6.45, 7) is 2.95. The SMILES string of the molecule is CC(C)(C(=O)O)n1cc(NC(=O)CSc2ccc(Cl)cc2[N+](=O)[O-])cn1. The average molecular weight is 399 g/mol. The summed E-state index contributed by atoms with van der Waals surface area (Å²) in [6.07, 6.45) is 2.74. The second-order valence-electron chi connectivity index (χ2n) is 5.74. The highest BCUT2D eigenvalue weighted by atomic mass is 35.5. The number of nitrogens with one attached hydrogen (secondary N) is 1. The first-order valence-corrected chi connectivity index (χ1v) is 8.62. The van der Waals surface area contributed by atoms with Crippen LogP contribution in [0.2, 0.25) is 5.02 Å². The van der Waals surface area contributed by atoms with E-state index in [4.69, 9.17) is 11.6 Å². The van der Waals surface area contributed by atoms with E-state index in [9.17, 15) is 24.8 Å². The summed E-state index contributed by atoms with van der Waals surface area (Å²) >= 11 is 6.74. The van der Waals surface area contributed by atoms with E-state index in [1.807, 2.05) is 0 Å². The quantitative estimate of drug-likeness (QED) is 0.416. The molecule has 0 spiro atoms. The first-order valence-electron chi connectivity index (χ1n) is 7.26. The minimum absolute atomic E-state index is 0.0734. The van der Waals surface area contributed by atoms with Crippen molar-refractivity contribution in [3.05, 3.63) is 45.7 Å². The Hall–Kier alpha value is -2.59. The lowest BCUT2D eigenvalue weighted by Crippen LogP contribution is -2.35. The molecule has 0 aliphatic rings. The lowest BCUT2D eigenvalue weighted by atomic mass is 10.1. The molecule has 0 radical (unpaired) electrons. The fourth-order valence-corrected chi connectivity index (χ4v) is 2.86. The molecule has 0 bridgehead atoms. The number of amides is 1. The summed E-state index contributed by atoms with van der Waals surface area (Å²) in [6, 6.07) is 4.21. The van der Waals surface area contributed by atoms with Gasteiger partial charge in [0.05, 0.1) is 27.5 Å². The monoisotopic (exact) mass is 398 g/mol. The van der Waals surface area contributed by atoms with Crippen LogP contribution in [-0.2, 0) is 15.1 Å². The van der Waals surface area contributed by atoms with Gasteiger partial charge in [-0.3, -0.25) is 19.6 Å². The molecule has 0 saturated carbocycles. The summed E-state index contributed by atoms with van der Waals surface area (Å²) in [7, 11) is 0. The third kappa shape index (κ3) is 4.52. The molecule has 1 aromatic heterocycles. The van der Waals surface area contributed by atoms with Crippen molar-refractivity contribution < 1.29 is 19.6 Å². The number of rotatable bonds is 7. The largest absolute Gasteiger partial charge is 0.479 e. The van der Waals surface area contributed by atoms with E-state index < -0.39 is 22.3 Å². The molecular formula is C15H15ClN4O5S. The molecule has 138 valence electrons. The van der Waals surface area contributed by atoms with Crippen LogP contribution < -0.4 is 5.32 Å². The molecule has 2 aromatic rings. The maximum atomic E-state index is 12.0. The minimum atomic E-state index is -1.26. The summed E-state index contributed by atoms with van der Waals surface area (Å²) in [5.41, 5.74) is -1.11. The first-order chi connectivity index (χ1) is 12.1. The molecular weight excluding hydrogens is 384 g/mol. The van der Waals surface area contributed by atoms with Crippen LogP contribution in [0.3, 0.4) is 0 Å². The fraction of sp³-hybridized carbons (Fsp3) is 0.267. The Bertz CT molecular complexity index is 867. The number of aliphatic carboxylic acids is 1. The summed E-state index contributed by atoms with van der Waals surface area (Å²) < 4.78 is 1.22. The van der Waals surface area contributed by atoms with Gasteiger partial charge in [-0.1, -0.05) is 11.6 Å². The number of carboxylic acid groups (broad SMARTS) is 1. The lowest BCUT2D eigenvalue weighted by molar-refractivity contribution is -0.387. The topological polar surface area (TPSA) is 127 Å². The number of carbonyl (C=O) groups is 2. The van der Waals surface area contributed by atoms with Gasteiger partial charge in [0, 0.05) is 17.3 Å². The van der Waals surface area contributed by atoms with Crippen molar-refractivity contribution in [2.45, 2.75) is 24.3 Å². The number of carboxylic acids is 1. The first kappa shape index (κ1) is 19.7. The Morgan fingerprint density at radius 1 is 1.46 bits per heavy atom. The van der Waals surface area contributed by atoms with E-state index >= 15 is 0 Å². The zero-order chi connectivity index (χ0) is 19.5. The van der Waals surface area contributed by atoms with E-state index in [0.29, 0.717) is 10.6 Å². The third-order valence-corrected chi connectivity index (χ3v) is 4.74. The van der Waals surface area contributed by atoms with Crippen LogP contribution in [0.4, 0.5) is 11.4 Å². The highest BCUT2D eigenvalue weighted by molar-refractivity contribution is 8.00. The number of aromatic nitrogens is 2. The maximum Gasteiger partial charge on any atom is 0.331 e. The predicted molar refractivity (Wildman–Crippen MR) is 96.6 cm³/mol. The van der Waals surface area contributed by atoms with Crippen LogP contribution in [0.15, 0.2) is 35.5 Å². The highest BCUT2D eigenvalue weighted by Crippen LogP contribution is 2.31. The van der Waals surface area contributed by atoms with Crippen molar-refractivity contribution in [3.63, 3.8) is 0 Å². The normalized spacial score (nSPS) is 11.2. The number of hydrogen-bond donors (Lipinski definition) is 2. The van der Waals surface area contributed by atoms with Gasteiger partial charge < -0.3 is 10.4 Å². The molecule has 0 unspecified atom stereocenters.